The third-order valence-corrected chi connectivity index (χ3v) is 4.09. The van der Waals surface area contributed by atoms with E-state index >= 15 is 0 Å². The maximum absolute atomic E-state index is 12.3. The van der Waals surface area contributed by atoms with Gasteiger partial charge in [-0.15, -0.1) is 0 Å². The number of nitrogens with zero attached hydrogens (tertiary/aromatic N) is 1. The predicted molar refractivity (Wildman–Crippen MR) is 79.4 cm³/mol. The highest BCUT2D eigenvalue weighted by molar-refractivity contribution is 9.09. The molecule has 1 atom stereocenters. The lowest BCUT2D eigenvalue weighted by atomic mass is 9.94. The number of carbonyl (C=O) groups excluding carboxylic acids is 1. The first-order valence-corrected chi connectivity index (χ1v) is 7.29. The van der Waals surface area contributed by atoms with Gasteiger partial charge in [0.05, 0.1) is 0 Å². The van der Waals surface area contributed by atoms with E-state index in [-0.39, 0.29) is 6.09 Å². The highest BCUT2D eigenvalue weighted by atomic mass is 79.9. The van der Waals surface area contributed by atoms with Crippen LogP contribution in [0.3, 0.4) is 0 Å². The Labute approximate surface area is 123 Å². The summed E-state index contributed by atoms with van der Waals surface area (Å²) >= 11 is 3.69. The second-order valence-corrected chi connectivity index (χ2v) is 7.54. The fraction of sp³-hybridized carbons (Fsp3) is 0.533. The monoisotopic (exact) mass is 325 g/mol. The predicted octanol–water partition coefficient (Wildman–Crippen LogP) is 4.05. The molecular formula is C15H20BrNO2. The molecule has 1 aromatic carbocycles. The van der Waals surface area contributed by atoms with Gasteiger partial charge in [-0.25, -0.2) is 4.79 Å². The number of ether oxygens (including phenoxy) is 1. The highest BCUT2D eigenvalue weighted by Gasteiger charge is 2.40. The summed E-state index contributed by atoms with van der Waals surface area (Å²) < 4.78 is 4.98. The molecule has 0 saturated carbocycles. The number of hydrogen-bond acceptors (Lipinski definition) is 2. The molecule has 19 heavy (non-hydrogen) atoms. The Hall–Kier alpha value is -1.03. The first-order valence-electron chi connectivity index (χ1n) is 6.50. The Morgan fingerprint density at radius 3 is 2.63 bits per heavy atom. The lowest BCUT2D eigenvalue weighted by Gasteiger charge is -2.42. The van der Waals surface area contributed by atoms with Crippen LogP contribution < -0.4 is 0 Å². The van der Waals surface area contributed by atoms with Crippen molar-refractivity contribution >= 4 is 22.0 Å². The van der Waals surface area contributed by atoms with E-state index in [1.807, 2.05) is 39.8 Å². The van der Waals surface area contributed by atoms with Crippen LogP contribution in [0, 0.1) is 0 Å². The first-order chi connectivity index (χ1) is 8.72. The number of hydrogen-bond donors (Lipinski definition) is 0. The standard InChI is InChI=1S/C15H20BrNO2/c1-14(2,3)19-13(18)17-10-9-11-7-5-6-8-12(11)15(17,4)16/h5-8H,9-10H2,1-4H3. The summed E-state index contributed by atoms with van der Waals surface area (Å²) in [5, 5.41) is 0. The Morgan fingerprint density at radius 1 is 1.37 bits per heavy atom. The summed E-state index contributed by atoms with van der Waals surface area (Å²) in [6, 6.07) is 8.20. The van der Waals surface area contributed by atoms with Crippen LogP contribution in [0.5, 0.6) is 0 Å². The zero-order valence-corrected chi connectivity index (χ0v) is 13.5. The summed E-state index contributed by atoms with van der Waals surface area (Å²) in [4.78, 5) is 14.1. The molecule has 3 nitrogen and oxygen atoms in total. The Balaban J connectivity index is 2.29. The van der Waals surface area contributed by atoms with Gasteiger partial charge in [0.1, 0.15) is 10.0 Å². The van der Waals surface area contributed by atoms with E-state index in [9.17, 15) is 4.79 Å². The van der Waals surface area contributed by atoms with Gasteiger partial charge in [0.15, 0.2) is 0 Å². The molecular weight excluding hydrogens is 306 g/mol. The largest absolute Gasteiger partial charge is 0.444 e. The van der Waals surface area contributed by atoms with Crippen LogP contribution in [0.25, 0.3) is 0 Å². The molecule has 0 spiro atoms. The fourth-order valence-electron chi connectivity index (χ4n) is 2.35. The van der Waals surface area contributed by atoms with Crippen molar-refractivity contribution < 1.29 is 9.53 Å². The summed E-state index contributed by atoms with van der Waals surface area (Å²) in [7, 11) is 0. The molecule has 0 N–H and O–H groups in total. The quantitative estimate of drug-likeness (QED) is 0.532. The van der Waals surface area contributed by atoms with Crippen molar-refractivity contribution in [3.63, 3.8) is 0 Å². The molecule has 4 heteroatoms. The molecule has 1 heterocycles. The summed E-state index contributed by atoms with van der Waals surface area (Å²) in [5.41, 5.74) is 1.94. The molecule has 1 aliphatic rings. The Morgan fingerprint density at radius 2 is 2.00 bits per heavy atom. The third-order valence-electron chi connectivity index (χ3n) is 3.23. The molecule has 1 amide bonds. The molecule has 0 saturated heterocycles. The average Bonchev–Trinajstić information content (AvgIpc) is 2.26. The van der Waals surface area contributed by atoms with Crippen LogP contribution in [-0.2, 0) is 15.6 Å². The van der Waals surface area contributed by atoms with Crippen LogP contribution in [0.4, 0.5) is 4.79 Å². The molecule has 0 bridgehead atoms. The Bertz CT molecular complexity index is 491. The average molecular weight is 326 g/mol. The third kappa shape index (κ3) is 2.94. The smallest absolute Gasteiger partial charge is 0.411 e. The van der Waals surface area contributed by atoms with E-state index in [0.717, 1.165) is 12.0 Å². The number of halogens is 1. The van der Waals surface area contributed by atoms with Crippen molar-refractivity contribution in [3.05, 3.63) is 35.4 Å². The van der Waals surface area contributed by atoms with E-state index in [2.05, 4.69) is 28.1 Å². The number of rotatable bonds is 0. The molecule has 0 aliphatic carbocycles. The van der Waals surface area contributed by atoms with E-state index in [1.165, 1.54) is 5.56 Å². The number of fused-ring (bicyclic) bond motifs is 1. The second-order valence-electron chi connectivity index (χ2n) is 5.99. The maximum atomic E-state index is 12.3. The van der Waals surface area contributed by atoms with Gasteiger partial charge in [-0.2, -0.15) is 0 Å². The van der Waals surface area contributed by atoms with Gasteiger partial charge < -0.3 is 4.74 Å². The molecule has 1 aliphatic heterocycles. The summed E-state index contributed by atoms with van der Waals surface area (Å²) in [5.74, 6) is 0. The summed E-state index contributed by atoms with van der Waals surface area (Å²) in [6.45, 7) is 8.31. The van der Waals surface area contributed by atoms with E-state index < -0.39 is 10.0 Å². The Kier molecular flexibility index (Phi) is 3.65. The van der Waals surface area contributed by atoms with Gasteiger partial charge in [-0.3, -0.25) is 4.90 Å². The van der Waals surface area contributed by atoms with Crippen molar-refractivity contribution in [1.29, 1.82) is 0 Å². The zero-order valence-electron chi connectivity index (χ0n) is 11.9. The molecule has 1 aromatic rings. The minimum Gasteiger partial charge on any atom is -0.444 e. The summed E-state index contributed by atoms with van der Waals surface area (Å²) in [6.07, 6.45) is 0.581. The minimum atomic E-state index is -0.510. The van der Waals surface area contributed by atoms with Crippen molar-refractivity contribution in [3.8, 4) is 0 Å². The normalized spacial score (nSPS) is 22.9. The zero-order chi connectivity index (χ0) is 14.3. The number of carbonyl (C=O) groups is 1. The molecule has 104 valence electrons. The maximum Gasteiger partial charge on any atom is 0.411 e. The first kappa shape index (κ1) is 14.4. The van der Waals surface area contributed by atoms with Gasteiger partial charge >= 0.3 is 6.09 Å². The molecule has 0 aromatic heterocycles. The lowest BCUT2D eigenvalue weighted by molar-refractivity contribution is 0.0125. The van der Waals surface area contributed by atoms with Gasteiger partial charge in [-0.1, -0.05) is 40.2 Å². The van der Waals surface area contributed by atoms with Crippen molar-refractivity contribution in [1.82, 2.24) is 4.90 Å². The van der Waals surface area contributed by atoms with Gasteiger partial charge in [0.25, 0.3) is 0 Å². The van der Waals surface area contributed by atoms with Crippen LogP contribution in [0.2, 0.25) is 0 Å². The van der Waals surface area contributed by atoms with Crippen molar-refractivity contribution in [2.75, 3.05) is 6.54 Å². The van der Waals surface area contributed by atoms with E-state index in [4.69, 9.17) is 4.74 Å². The number of amides is 1. The van der Waals surface area contributed by atoms with Gasteiger partial charge in [0.2, 0.25) is 0 Å². The van der Waals surface area contributed by atoms with Gasteiger partial charge in [0, 0.05) is 6.54 Å². The molecule has 2 rings (SSSR count). The second kappa shape index (κ2) is 4.82. The van der Waals surface area contributed by atoms with Crippen molar-refractivity contribution in [2.24, 2.45) is 0 Å². The van der Waals surface area contributed by atoms with Crippen molar-refractivity contribution in [2.45, 2.75) is 44.2 Å². The van der Waals surface area contributed by atoms with Crippen LogP contribution in [0.15, 0.2) is 24.3 Å². The lowest BCUT2D eigenvalue weighted by Crippen LogP contribution is -2.49. The van der Waals surface area contributed by atoms with Gasteiger partial charge in [-0.05, 0) is 45.2 Å². The highest BCUT2D eigenvalue weighted by Crippen LogP contribution is 2.41. The topological polar surface area (TPSA) is 29.5 Å². The SMILES string of the molecule is CC(C)(C)OC(=O)N1CCc2ccccc2C1(C)Br. The van der Waals surface area contributed by atoms with E-state index in [1.54, 1.807) is 4.90 Å². The molecule has 1 unspecified atom stereocenters. The fourth-order valence-corrected chi connectivity index (χ4v) is 3.06. The van der Waals surface area contributed by atoms with E-state index in [0.29, 0.717) is 6.54 Å². The molecule has 0 fully saturated rings. The van der Waals surface area contributed by atoms with Crippen LogP contribution in [-0.4, -0.2) is 23.1 Å². The van der Waals surface area contributed by atoms with Crippen LogP contribution in [0.1, 0.15) is 38.8 Å². The number of benzene rings is 1. The number of alkyl halides is 1. The minimum absolute atomic E-state index is 0.277. The van der Waals surface area contributed by atoms with Crippen LogP contribution >= 0.6 is 15.9 Å². The molecule has 0 radical (unpaired) electrons.